The molecule has 0 spiro atoms. The van der Waals surface area contributed by atoms with Gasteiger partial charge in [-0.1, -0.05) is 0 Å². The van der Waals surface area contributed by atoms with E-state index in [2.05, 4.69) is 5.32 Å². The molecular formula is C22H33NO15. The van der Waals surface area contributed by atoms with Crippen molar-refractivity contribution in [2.75, 3.05) is 13.2 Å². The van der Waals surface area contributed by atoms with Crippen molar-refractivity contribution in [3.8, 4) is 0 Å². The molecule has 2 unspecified atom stereocenters. The van der Waals surface area contributed by atoms with E-state index >= 15 is 0 Å². The van der Waals surface area contributed by atoms with E-state index in [0.29, 0.717) is 0 Å². The van der Waals surface area contributed by atoms with Crippen LogP contribution in [0.5, 0.6) is 0 Å². The molecule has 0 aromatic heterocycles. The van der Waals surface area contributed by atoms with Gasteiger partial charge < -0.3 is 53.8 Å². The summed E-state index contributed by atoms with van der Waals surface area (Å²) in [5, 5.41) is 33.1. The van der Waals surface area contributed by atoms with Crippen LogP contribution >= 0.6 is 0 Å². The van der Waals surface area contributed by atoms with Crippen LogP contribution in [0.25, 0.3) is 0 Å². The monoisotopic (exact) mass is 551 g/mol. The molecule has 16 heteroatoms. The highest BCUT2D eigenvalue weighted by Crippen LogP contribution is 2.33. The minimum absolute atomic E-state index is 0.523. The molecule has 0 bridgehead atoms. The minimum atomic E-state index is -1.75. The molecule has 2 fully saturated rings. The van der Waals surface area contributed by atoms with Crippen LogP contribution in [0, 0.1) is 0 Å². The largest absolute Gasteiger partial charge is 0.463 e. The fraction of sp³-hybridized carbons (Fsp3) is 0.773. The first-order valence-corrected chi connectivity index (χ1v) is 11.6. The van der Waals surface area contributed by atoms with Crippen molar-refractivity contribution in [1.29, 1.82) is 0 Å². The van der Waals surface area contributed by atoms with E-state index in [1.165, 1.54) is 0 Å². The van der Waals surface area contributed by atoms with Gasteiger partial charge in [0.15, 0.2) is 30.9 Å². The molecule has 0 radical (unpaired) electrons. The molecule has 2 heterocycles. The third-order valence-electron chi connectivity index (χ3n) is 5.48. The highest BCUT2D eigenvalue weighted by Gasteiger charge is 2.55. The Morgan fingerprint density at radius 1 is 0.737 bits per heavy atom. The second-order valence-corrected chi connectivity index (χ2v) is 8.63. The maximum Gasteiger partial charge on any atom is 0.303 e. The van der Waals surface area contributed by atoms with E-state index in [4.69, 9.17) is 33.2 Å². The lowest BCUT2D eigenvalue weighted by atomic mass is 9.95. The predicted molar refractivity (Wildman–Crippen MR) is 118 cm³/mol. The zero-order chi connectivity index (χ0) is 28.7. The lowest BCUT2D eigenvalue weighted by molar-refractivity contribution is -0.343. The number of aliphatic hydroxyl groups is 3. The molecule has 2 saturated heterocycles. The summed E-state index contributed by atoms with van der Waals surface area (Å²) in [6.07, 6.45) is -14.0. The van der Waals surface area contributed by atoms with Crippen molar-refractivity contribution >= 4 is 29.8 Å². The fourth-order valence-electron chi connectivity index (χ4n) is 4.09. The van der Waals surface area contributed by atoms with Gasteiger partial charge in [-0.15, -0.1) is 0 Å². The van der Waals surface area contributed by atoms with E-state index in [1.807, 2.05) is 0 Å². The highest BCUT2D eigenvalue weighted by atomic mass is 16.7. The number of carbonyl (C=O) groups is 5. The summed E-state index contributed by atoms with van der Waals surface area (Å²) in [4.78, 5) is 59.0. The average molecular weight is 551 g/mol. The molecule has 2 aliphatic rings. The normalized spacial score (nSPS) is 34.9. The fourth-order valence-corrected chi connectivity index (χ4v) is 4.09. The molecule has 0 aliphatic carbocycles. The van der Waals surface area contributed by atoms with Crippen molar-refractivity contribution < 1.29 is 72.5 Å². The lowest BCUT2D eigenvalue weighted by Crippen LogP contribution is -2.68. The highest BCUT2D eigenvalue weighted by molar-refractivity contribution is 5.73. The number of hydrogen-bond acceptors (Lipinski definition) is 15. The van der Waals surface area contributed by atoms with Gasteiger partial charge in [0.1, 0.15) is 37.1 Å². The lowest BCUT2D eigenvalue weighted by Gasteiger charge is -2.48. The average Bonchev–Trinajstić information content (AvgIpc) is 2.79. The summed E-state index contributed by atoms with van der Waals surface area (Å²) >= 11 is 0. The zero-order valence-electron chi connectivity index (χ0n) is 21.4. The summed E-state index contributed by atoms with van der Waals surface area (Å²) in [7, 11) is 0. The van der Waals surface area contributed by atoms with Crippen LogP contribution in [0.3, 0.4) is 0 Å². The number of esters is 4. The van der Waals surface area contributed by atoms with Crippen LogP contribution in [-0.4, -0.2) is 120 Å². The minimum Gasteiger partial charge on any atom is -0.463 e. The van der Waals surface area contributed by atoms with Gasteiger partial charge in [0, 0.05) is 34.6 Å². The molecule has 0 saturated carbocycles. The van der Waals surface area contributed by atoms with Gasteiger partial charge in [0.2, 0.25) is 5.91 Å². The van der Waals surface area contributed by atoms with Crippen LogP contribution in [0.15, 0.2) is 0 Å². The summed E-state index contributed by atoms with van der Waals surface area (Å²) in [6, 6.07) is -1.41. The molecule has 0 aromatic rings. The van der Waals surface area contributed by atoms with Gasteiger partial charge in [0.05, 0.1) is 6.61 Å². The smallest absolute Gasteiger partial charge is 0.303 e. The SMILES string of the molecule is CC(=O)N[C@H]1[C@@H](O[C@@H]2OC(COC(C)=O)[C@H](OC(C)=O)[C@H](OC(C)=O)[C@@H]2OC(C)=O)[C@H](O)C(CO)O[C@@H]1O. The molecule has 2 rings (SSSR count). The Hall–Kier alpha value is -2.89. The van der Waals surface area contributed by atoms with Crippen molar-refractivity contribution in [3.63, 3.8) is 0 Å². The quantitative estimate of drug-likeness (QED) is 0.166. The van der Waals surface area contributed by atoms with E-state index < -0.39 is 104 Å². The summed E-state index contributed by atoms with van der Waals surface area (Å²) < 4.78 is 37.7. The van der Waals surface area contributed by atoms with Crippen LogP contribution in [0.4, 0.5) is 0 Å². The Balaban J connectivity index is 2.54. The Morgan fingerprint density at radius 2 is 1.29 bits per heavy atom. The van der Waals surface area contributed by atoms with E-state index in [-0.39, 0.29) is 0 Å². The van der Waals surface area contributed by atoms with E-state index in [0.717, 1.165) is 34.6 Å². The molecule has 16 nitrogen and oxygen atoms in total. The molecule has 1 amide bonds. The molecule has 0 aromatic carbocycles. The Kier molecular flexibility index (Phi) is 11.4. The Bertz CT molecular complexity index is 881. The maximum atomic E-state index is 12.0. The second kappa shape index (κ2) is 13.8. The number of aliphatic hydroxyl groups excluding tert-OH is 3. The zero-order valence-corrected chi connectivity index (χ0v) is 21.4. The Labute approximate surface area is 217 Å². The molecule has 38 heavy (non-hydrogen) atoms. The third kappa shape index (κ3) is 8.31. The molecule has 4 N–H and O–H groups in total. The first-order chi connectivity index (χ1) is 17.7. The molecular weight excluding hydrogens is 518 g/mol. The van der Waals surface area contributed by atoms with Gasteiger partial charge in [-0.2, -0.15) is 0 Å². The van der Waals surface area contributed by atoms with Crippen molar-refractivity contribution in [3.05, 3.63) is 0 Å². The van der Waals surface area contributed by atoms with Crippen LogP contribution in [0.1, 0.15) is 34.6 Å². The maximum absolute atomic E-state index is 12.0. The van der Waals surface area contributed by atoms with Crippen molar-refractivity contribution in [2.24, 2.45) is 0 Å². The summed E-state index contributed by atoms with van der Waals surface area (Å²) in [5.74, 6) is -3.94. The van der Waals surface area contributed by atoms with Gasteiger partial charge in [-0.3, -0.25) is 24.0 Å². The van der Waals surface area contributed by atoms with Crippen LogP contribution < -0.4 is 5.32 Å². The van der Waals surface area contributed by atoms with Crippen molar-refractivity contribution in [2.45, 2.75) is 96.0 Å². The summed E-state index contributed by atoms with van der Waals surface area (Å²) in [6.45, 7) is 4.10. The van der Waals surface area contributed by atoms with Gasteiger partial charge in [0.25, 0.3) is 0 Å². The number of ether oxygens (including phenoxy) is 7. The van der Waals surface area contributed by atoms with Gasteiger partial charge >= 0.3 is 23.9 Å². The number of nitrogens with one attached hydrogen (secondary N) is 1. The van der Waals surface area contributed by atoms with Crippen LogP contribution in [0.2, 0.25) is 0 Å². The number of amides is 1. The Morgan fingerprint density at radius 3 is 1.79 bits per heavy atom. The first kappa shape index (κ1) is 31.3. The van der Waals surface area contributed by atoms with E-state index in [1.54, 1.807) is 0 Å². The number of rotatable bonds is 9. The van der Waals surface area contributed by atoms with E-state index in [9.17, 15) is 39.3 Å². The molecule has 216 valence electrons. The predicted octanol–water partition coefficient (Wildman–Crippen LogP) is -2.97. The van der Waals surface area contributed by atoms with Gasteiger partial charge in [-0.25, -0.2) is 0 Å². The molecule has 10 atom stereocenters. The third-order valence-corrected chi connectivity index (χ3v) is 5.48. The first-order valence-electron chi connectivity index (χ1n) is 11.6. The summed E-state index contributed by atoms with van der Waals surface area (Å²) in [5.41, 5.74) is 0. The van der Waals surface area contributed by atoms with Crippen molar-refractivity contribution in [1.82, 2.24) is 5.32 Å². The second-order valence-electron chi connectivity index (χ2n) is 8.63. The van der Waals surface area contributed by atoms with Crippen LogP contribution in [-0.2, 0) is 57.1 Å². The topological polar surface area (TPSA) is 223 Å². The standard InChI is InChI=1S/C22H33NO15/c1-8(25)23-15-18(16(30)13(6-24)36-21(15)31)38-22-20(35-12(5)29)19(34-11(4)28)17(33-10(3)27)14(37-22)7-32-9(2)26/h13-22,24,30-31H,6-7H2,1-5H3,(H,23,25)/t13?,14?,15-,16+,17-,18+,19-,20-,21-,22-/m0/s1. The number of carbonyl (C=O) groups excluding carboxylic acids is 5. The number of hydrogen-bond donors (Lipinski definition) is 4. The molecule has 2 aliphatic heterocycles. The van der Waals surface area contributed by atoms with Gasteiger partial charge in [-0.05, 0) is 0 Å².